The molecule has 2 rings (SSSR count). The lowest BCUT2D eigenvalue weighted by Crippen LogP contribution is -2.24. The molecule has 1 heterocycles. The molecule has 1 fully saturated rings. The van der Waals surface area contributed by atoms with Crippen LogP contribution in [0.25, 0.3) is 0 Å². The number of ether oxygens (including phenoxy) is 1. The number of aryl methyl sites for hydroxylation is 1. The van der Waals surface area contributed by atoms with Crippen molar-refractivity contribution in [3.05, 3.63) is 23.7 Å². The highest BCUT2D eigenvalue weighted by molar-refractivity contribution is 5.08. The molecule has 1 unspecified atom stereocenters. The molecule has 1 N–H and O–H groups in total. The normalized spacial score (nSPS) is 18.7. The molecular formula is C14H23NO2. The monoisotopic (exact) mass is 237 g/mol. The molecule has 1 aromatic rings. The molecule has 17 heavy (non-hydrogen) atoms. The molecule has 1 saturated carbocycles. The Hall–Kier alpha value is -0.800. The van der Waals surface area contributed by atoms with Crippen LogP contribution in [0.4, 0.5) is 0 Å². The van der Waals surface area contributed by atoms with Crippen molar-refractivity contribution in [3.8, 4) is 0 Å². The zero-order valence-corrected chi connectivity index (χ0v) is 10.9. The van der Waals surface area contributed by atoms with Gasteiger partial charge in [-0.1, -0.05) is 12.8 Å². The fraction of sp³-hybridized carbons (Fsp3) is 0.714. The van der Waals surface area contributed by atoms with E-state index in [0.29, 0.717) is 6.10 Å². The predicted molar refractivity (Wildman–Crippen MR) is 68.1 cm³/mol. The van der Waals surface area contributed by atoms with Gasteiger partial charge in [0.1, 0.15) is 11.5 Å². The van der Waals surface area contributed by atoms with Crippen molar-refractivity contribution in [2.45, 2.75) is 51.7 Å². The lowest BCUT2D eigenvalue weighted by Gasteiger charge is -2.14. The van der Waals surface area contributed by atoms with Gasteiger partial charge in [0.2, 0.25) is 0 Å². The van der Waals surface area contributed by atoms with Gasteiger partial charge in [0, 0.05) is 6.54 Å². The minimum Gasteiger partial charge on any atom is -0.465 e. The Morgan fingerprint density at radius 1 is 1.41 bits per heavy atom. The topological polar surface area (TPSA) is 34.4 Å². The van der Waals surface area contributed by atoms with Crippen LogP contribution in [0.15, 0.2) is 16.5 Å². The summed E-state index contributed by atoms with van der Waals surface area (Å²) < 4.78 is 11.4. The molecule has 1 aromatic heterocycles. The van der Waals surface area contributed by atoms with Crippen LogP contribution in [0.3, 0.4) is 0 Å². The standard InChI is InChI=1S/C14H23NO2/c1-11-7-8-14(17-11)12(2)15-9-10-16-13-5-3-4-6-13/h7-8,12-13,15H,3-6,9-10H2,1-2H3. The van der Waals surface area contributed by atoms with E-state index in [-0.39, 0.29) is 6.04 Å². The van der Waals surface area contributed by atoms with Crippen LogP contribution < -0.4 is 5.32 Å². The summed E-state index contributed by atoms with van der Waals surface area (Å²) in [4.78, 5) is 0. The second-order valence-electron chi connectivity index (χ2n) is 4.90. The van der Waals surface area contributed by atoms with Crippen molar-refractivity contribution in [2.75, 3.05) is 13.2 Å². The minimum absolute atomic E-state index is 0.260. The van der Waals surface area contributed by atoms with Crippen LogP contribution >= 0.6 is 0 Å². The average molecular weight is 237 g/mol. The Labute approximate surface area is 104 Å². The number of nitrogens with one attached hydrogen (secondary N) is 1. The lowest BCUT2D eigenvalue weighted by molar-refractivity contribution is 0.0590. The van der Waals surface area contributed by atoms with Gasteiger partial charge in [-0.25, -0.2) is 0 Å². The van der Waals surface area contributed by atoms with Gasteiger partial charge in [0.25, 0.3) is 0 Å². The van der Waals surface area contributed by atoms with E-state index in [9.17, 15) is 0 Å². The number of hydrogen-bond donors (Lipinski definition) is 1. The summed E-state index contributed by atoms with van der Waals surface area (Å²) >= 11 is 0. The van der Waals surface area contributed by atoms with Crippen molar-refractivity contribution >= 4 is 0 Å². The van der Waals surface area contributed by atoms with Gasteiger partial charge in [-0.2, -0.15) is 0 Å². The highest BCUT2D eigenvalue weighted by atomic mass is 16.5. The third-order valence-electron chi connectivity index (χ3n) is 3.40. The maximum Gasteiger partial charge on any atom is 0.120 e. The first-order chi connectivity index (χ1) is 8.25. The van der Waals surface area contributed by atoms with Crippen LogP contribution in [-0.2, 0) is 4.74 Å². The van der Waals surface area contributed by atoms with Crippen molar-refractivity contribution in [1.29, 1.82) is 0 Å². The summed E-state index contributed by atoms with van der Waals surface area (Å²) in [6.45, 7) is 5.78. The molecule has 0 amide bonds. The number of hydrogen-bond acceptors (Lipinski definition) is 3. The summed E-state index contributed by atoms with van der Waals surface area (Å²) in [6.07, 6.45) is 5.66. The van der Waals surface area contributed by atoms with Gasteiger partial charge in [0.15, 0.2) is 0 Å². The molecule has 0 saturated heterocycles. The van der Waals surface area contributed by atoms with Gasteiger partial charge in [-0.3, -0.25) is 0 Å². The quantitative estimate of drug-likeness (QED) is 0.771. The van der Waals surface area contributed by atoms with Crippen molar-refractivity contribution in [2.24, 2.45) is 0 Å². The summed E-state index contributed by atoms with van der Waals surface area (Å²) in [5.41, 5.74) is 0. The zero-order chi connectivity index (χ0) is 12.1. The molecule has 3 heteroatoms. The average Bonchev–Trinajstić information content (AvgIpc) is 2.95. The van der Waals surface area contributed by atoms with Gasteiger partial charge >= 0.3 is 0 Å². The van der Waals surface area contributed by atoms with Crippen LogP contribution in [0.1, 0.15) is 50.2 Å². The number of rotatable bonds is 6. The van der Waals surface area contributed by atoms with E-state index in [1.807, 2.05) is 19.1 Å². The predicted octanol–water partition coefficient (Wildman–Crippen LogP) is 3.20. The third kappa shape index (κ3) is 3.86. The fourth-order valence-electron chi connectivity index (χ4n) is 2.34. The second-order valence-corrected chi connectivity index (χ2v) is 4.90. The van der Waals surface area contributed by atoms with Crippen molar-refractivity contribution in [3.63, 3.8) is 0 Å². The Morgan fingerprint density at radius 3 is 2.82 bits per heavy atom. The van der Waals surface area contributed by atoms with Crippen molar-refractivity contribution < 1.29 is 9.15 Å². The Balaban J connectivity index is 1.61. The lowest BCUT2D eigenvalue weighted by atomic mass is 10.2. The summed E-state index contributed by atoms with van der Waals surface area (Å²) in [7, 11) is 0. The Bertz CT molecular complexity index is 329. The molecule has 0 bridgehead atoms. The van der Waals surface area contributed by atoms with Gasteiger partial charge in [-0.15, -0.1) is 0 Å². The van der Waals surface area contributed by atoms with Gasteiger partial charge in [-0.05, 0) is 38.8 Å². The second kappa shape index (κ2) is 6.22. The molecule has 1 atom stereocenters. The molecule has 1 aliphatic carbocycles. The van der Waals surface area contributed by atoms with E-state index in [2.05, 4.69) is 12.2 Å². The Kier molecular flexibility index (Phi) is 4.63. The van der Waals surface area contributed by atoms with Crippen LogP contribution in [0, 0.1) is 6.92 Å². The van der Waals surface area contributed by atoms with Gasteiger partial charge < -0.3 is 14.5 Å². The first kappa shape index (κ1) is 12.7. The van der Waals surface area contributed by atoms with E-state index >= 15 is 0 Å². The molecule has 0 aliphatic heterocycles. The first-order valence-electron chi connectivity index (χ1n) is 6.67. The largest absolute Gasteiger partial charge is 0.465 e. The zero-order valence-electron chi connectivity index (χ0n) is 10.9. The fourth-order valence-corrected chi connectivity index (χ4v) is 2.34. The van der Waals surface area contributed by atoms with E-state index in [4.69, 9.17) is 9.15 Å². The first-order valence-corrected chi connectivity index (χ1v) is 6.67. The Morgan fingerprint density at radius 2 is 2.18 bits per heavy atom. The highest BCUT2D eigenvalue weighted by Crippen LogP contribution is 2.20. The maximum absolute atomic E-state index is 5.80. The smallest absolute Gasteiger partial charge is 0.120 e. The van der Waals surface area contributed by atoms with Gasteiger partial charge in [0.05, 0.1) is 18.8 Å². The van der Waals surface area contributed by atoms with Crippen LogP contribution in [-0.4, -0.2) is 19.3 Å². The van der Waals surface area contributed by atoms with E-state index in [0.717, 1.165) is 24.7 Å². The molecule has 96 valence electrons. The SMILES string of the molecule is Cc1ccc(C(C)NCCOC2CCCC2)o1. The van der Waals surface area contributed by atoms with E-state index in [1.165, 1.54) is 25.7 Å². The number of furan rings is 1. The van der Waals surface area contributed by atoms with Crippen LogP contribution in [0.5, 0.6) is 0 Å². The van der Waals surface area contributed by atoms with E-state index in [1.54, 1.807) is 0 Å². The molecular weight excluding hydrogens is 214 g/mol. The maximum atomic E-state index is 5.80. The summed E-state index contributed by atoms with van der Waals surface area (Å²) in [5, 5.41) is 3.42. The third-order valence-corrected chi connectivity index (χ3v) is 3.40. The molecule has 0 aromatic carbocycles. The molecule has 3 nitrogen and oxygen atoms in total. The van der Waals surface area contributed by atoms with Crippen molar-refractivity contribution in [1.82, 2.24) is 5.32 Å². The molecule has 1 aliphatic rings. The minimum atomic E-state index is 0.260. The highest BCUT2D eigenvalue weighted by Gasteiger charge is 2.15. The van der Waals surface area contributed by atoms with E-state index < -0.39 is 0 Å². The summed E-state index contributed by atoms with van der Waals surface area (Å²) in [6, 6.07) is 4.30. The molecule has 0 spiro atoms. The molecule has 0 radical (unpaired) electrons. The summed E-state index contributed by atoms with van der Waals surface area (Å²) in [5.74, 6) is 1.97. The van der Waals surface area contributed by atoms with Crippen LogP contribution in [0.2, 0.25) is 0 Å².